The van der Waals surface area contributed by atoms with Crippen LogP contribution >= 0.6 is 11.8 Å². The van der Waals surface area contributed by atoms with E-state index in [0.717, 1.165) is 30.6 Å². The molecule has 0 spiro atoms. The Morgan fingerprint density at radius 2 is 1.77 bits per heavy atom. The van der Waals surface area contributed by atoms with Crippen LogP contribution in [0.15, 0.2) is 35.2 Å². The van der Waals surface area contributed by atoms with Gasteiger partial charge in [-0.2, -0.15) is 0 Å². The average molecular weight is 446 g/mol. The Morgan fingerprint density at radius 1 is 1.03 bits per heavy atom. The predicted molar refractivity (Wildman–Crippen MR) is 118 cm³/mol. The van der Waals surface area contributed by atoms with E-state index in [-0.39, 0.29) is 30.3 Å². The van der Waals surface area contributed by atoms with Crippen LogP contribution < -0.4 is 0 Å². The molecule has 1 aromatic carbocycles. The molecule has 0 saturated carbocycles. The topological polar surface area (TPSA) is 81.2 Å². The van der Waals surface area contributed by atoms with Crippen molar-refractivity contribution in [2.24, 2.45) is 0 Å². The van der Waals surface area contributed by atoms with Gasteiger partial charge in [-0.05, 0) is 44.2 Å². The first-order valence-corrected chi connectivity index (χ1v) is 12.3. The number of carbonyl (C=O) groups is 3. The fourth-order valence-corrected chi connectivity index (χ4v) is 5.85. The molecule has 3 aliphatic rings. The molecular formula is C23H31N3O4S. The molecular weight excluding hydrogens is 414 g/mol. The predicted octanol–water partition coefficient (Wildman–Crippen LogP) is 1.74. The van der Waals surface area contributed by atoms with Crippen molar-refractivity contribution in [2.45, 2.75) is 61.6 Å². The number of carbonyl (C=O) groups excluding carboxylic acids is 3. The number of likely N-dealkylation sites (tertiary alicyclic amines) is 3. The summed E-state index contributed by atoms with van der Waals surface area (Å²) in [5.74, 6) is 0.365. The van der Waals surface area contributed by atoms with Crippen molar-refractivity contribution in [1.82, 2.24) is 14.7 Å². The zero-order valence-electron chi connectivity index (χ0n) is 17.8. The summed E-state index contributed by atoms with van der Waals surface area (Å²) in [6.07, 6.45) is 3.78. The summed E-state index contributed by atoms with van der Waals surface area (Å²) < 4.78 is 0. The quantitative estimate of drug-likeness (QED) is 0.647. The minimum absolute atomic E-state index is 0.0223. The van der Waals surface area contributed by atoms with Crippen LogP contribution in [0.1, 0.15) is 38.5 Å². The Kier molecular flexibility index (Phi) is 7.17. The largest absolute Gasteiger partial charge is 0.390 e. The zero-order valence-corrected chi connectivity index (χ0v) is 18.6. The lowest BCUT2D eigenvalue weighted by molar-refractivity contribution is -0.147. The van der Waals surface area contributed by atoms with Gasteiger partial charge in [0.1, 0.15) is 6.04 Å². The number of rotatable bonds is 7. The third-order valence-corrected chi connectivity index (χ3v) is 7.66. The average Bonchev–Trinajstić information content (AvgIpc) is 3.53. The highest BCUT2D eigenvalue weighted by Crippen LogP contribution is 2.29. The third kappa shape index (κ3) is 5.06. The second-order valence-electron chi connectivity index (χ2n) is 8.60. The monoisotopic (exact) mass is 445 g/mol. The molecule has 8 heteroatoms. The molecule has 0 radical (unpaired) electrons. The van der Waals surface area contributed by atoms with E-state index < -0.39 is 12.1 Å². The van der Waals surface area contributed by atoms with E-state index in [2.05, 4.69) is 0 Å². The normalized spacial score (nSPS) is 24.8. The van der Waals surface area contributed by atoms with Gasteiger partial charge in [-0.3, -0.25) is 14.4 Å². The lowest BCUT2D eigenvalue weighted by atomic mass is 10.1. The molecule has 7 nitrogen and oxygen atoms in total. The molecule has 3 atom stereocenters. The molecule has 0 aromatic heterocycles. The van der Waals surface area contributed by atoms with Gasteiger partial charge < -0.3 is 19.8 Å². The number of aliphatic hydroxyl groups excluding tert-OH is 1. The fraction of sp³-hybridized carbons (Fsp3) is 0.609. The number of thioether (sulfide) groups is 1. The van der Waals surface area contributed by atoms with E-state index in [1.807, 2.05) is 30.3 Å². The maximum absolute atomic E-state index is 13.4. The first-order chi connectivity index (χ1) is 15.0. The van der Waals surface area contributed by atoms with Crippen molar-refractivity contribution in [3.63, 3.8) is 0 Å². The van der Waals surface area contributed by atoms with Gasteiger partial charge >= 0.3 is 0 Å². The van der Waals surface area contributed by atoms with Gasteiger partial charge in [0.15, 0.2) is 0 Å². The number of aliphatic hydroxyl groups is 1. The van der Waals surface area contributed by atoms with Gasteiger partial charge in [-0.15, -0.1) is 11.8 Å². The SMILES string of the molecule is O=C1CCCN1CC(=O)N1CCC[C@@H]1C(=O)N1CCC[C@H]1C(O)CSc1ccccc1. The summed E-state index contributed by atoms with van der Waals surface area (Å²) in [7, 11) is 0. The Labute approximate surface area is 187 Å². The minimum Gasteiger partial charge on any atom is -0.390 e. The summed E-state index contributed by atoms with van der Waals surface area (Å²) in [5.41, 5.74) is 0. The van der Waals surface area contributed by atoms with Crippen molar-refractivity contribution < 1.29 is 19.5 Å². The molecule has 3 fully saturated rings. The maximum atomic E-state index is 13.4. The maximum Gasteiger partial charge on any atom is 0.245 e. The Balaban J connectivity index is 1.36. The van der Waals surface area contributed by atoms with E-state index in [9.17, 15) is 19.5 Å². The lowest BCUT2D eigenvalue weighted by Crippen LogP contribution is -2.53. The van der Waals surface area contributed by atoms with E-state index >= 15 is 0 Å². The molecule has 1 unspecified atom stereocenters. The van der Waals surface area contributed by atoms with Crippen LogP contribution in [0, 0.1) is 0 Å². The van der Waals surface area contributed by atoms with E-state index in [1.165, 1.54) is 0 Å². The highest BCUT2D eigenvalue weighted by molar-refractivity contribution is 7.99. The highest BCUT2D eigenvalue weighted by atomic mass is 32.2. The molecule has 3 aliphatic heterocycles. The Bertz CT molecular complexity index is 805. The molecule has 0 aliphatic carbocycles. The summed E-state index contributed by atoms with van der Waals surface area (Å²) in [6, 6.07) is 9.26. The molecule has 3 saturated heterocycles. The van der Waals surface area contributed by atoms with Gasteiger partial charge in [-0.1, -0.05) is 18.2 Å². The third-order valence-electron chi connectivity index (χ3n) is 6.55. The molecule has 3 heterocycles. The zero-order chi connectivity index (χ0) is 21.8. The van der Waals surface area contributed by atoms with Crippen molar-refractivity contribution in [2.75, 3.05) is 31.9 Å². The van der Waals surface area contributed by atoms with Gasteiger partial charge in [0.25, 0.3) is 0 Å². The first kappa shape index (κ1) is 22.1. The number of benzene rings is 1. The lowest BCUT2D eigenvalue weighted by Gasteiger charge is -2.34. The molecule has 0 bridgehead atoms. The fourth-order valence-electron chi connectivity index (χ4n) is 4.91. The number of nitrogens with zero attached hydrogens (tertiary/aromatic N) is 3. The van der Waals surface area contributed by atoms with Gasteiger partial charge in [0.05, 0.1) is 18.7 Å². The summed E-state index contributed by atoms with van der Waals surface area (Å²) in [6.45, 7) is 1.88. The summed E-state index contributed by atoms with van der Waals surface area (Å²) >= 11 is 1.59. The number of hydrogen-bond donors (Lipinski definition) is 1. The van der Waals surface area contributed by atoms with E-state index in [0.29, 0.717) is 38.2 Å². The van der Waals surface area contributed by atoms with Crippen LogP contribution in [-0.4, -0.2) is 87.6 Å². The van der Waals surface area contributed by atoms with Crippen molar-refractivity contribution in [1.29, 1.82) is 0 Å². The van der Waals surface area contributed by atoms with Crippen LogP contribution in [0.25, 0.3) is 0 Å². The molecule has 168 valence electrons. The van der Waals surface area contributed by atoms with E-state index in [4.69, 9.17) is 0 Å². The van der Waals surface area contributed by atoms with Crippen molar-refractivity contribution in [3.05, 3.63) is 30.3 Å². The highest BCUT2D eigenvalue weighted by Gasteiger charge is 2.42. The summed E-state index contributed by atoms with van der Waals surface area (Å²) in [5, 5.41) is 10.8. The smallest absolute Gasteiger partial charge is 0.245 e. The van der Waals surface area contributed by atoms with E-state index in [1.54, 1.807) is 26.5 Å². The molecule has 4 rings (SSSR count). The Morgan fingerprint density at radius 3 is 2.52 bits per heavy atom. The molecule has 1 N–H and O–H groups in total. The van der Waals surface area contributed by atoms with Crippen LogP contribution in [-0.2, 0) is 14.4 Å². The summed E-state index contributed by atoms with van der Waals surface area (Å²) in [4.78, 5) is 44.3. The number of amides is 3. The second-order valence-corrected chi connectivity index (χ2v) is 9.69. The molecule has 31 heavy (non-hydrogen) atoms. The van der Waals surface area contributed by atoms with Crippen LogP contribution in [0.2, 0.25) is 0 Å². The standard InChI is InChI=1S/C23H31N3O4S/c27-20(16-31-17-7-2-1-3-8-17)18-9-4-14-26(18)23(30)19-10-5-13-25(19)22(29)15-24-12-6-11-21(24)28/h1-3,7-8,18-20,27H,4-6,9-16H2/t18-,19+,20?/m0/s1. The molecule has 3 amide bonds. The second kappa shape index (κ2) is 10.0. The van der Waals surface area contributed by atoms with Gasteiger partial charge in [-0.25, -0.2) is 0 Å². The van der Waals surface area contributed by atoms with Crippen molar-refractivity contribution in [3.8, 4) is 0 Å². The minimum atomic E-state index is -0.607. The molecule has 1 aromatic rings. The van der Waals surface area contributed by atoms with Crippen molar-refractivity contribution >= 4 is 29.5 Å². The van der Waals surface area contributed by atoms with Crippen LogP contribution in [0.4, 0.5) is 0 Å². The first-order valence-electron chi connectivity index (χ1n) is 11.3. The van der Waals surface area contributed by atoms with Crippen LogP contribution in [0.5, 0.6) is 0 Å². The Hall–Kier alpha value is -2.06. The van der Waals surface area contributed by atoms with Gasteiger partial charge in [0, 0.05) is 36.7 Å². The number of hydrogen-bond acceptors (Lipinski definition) is 5. The van der Waals surface area contributed by atoms with Gasteiger partial charge in [0.2, 0.25) is 17.7 Å². The van der Waals surface area contributed by atoms with Crippen LogP contribution in [0.3, 0.4) is 0 Å².